The highest BCUT2D eigenvalue weighted by atomic mass is 35.5. The zero-order valence-electron chi connectivity index (χ0n) is 47.9. The Labute approximate surface area is 495 Å². The van der Waals surface area contributed by atoms with Crippen molar-refractivity contribution in [2.45, 2.75) is 116 Å². The normalized spacial score (nSPS) is 15.7. The highest BCUT2D eigenvalue weighted by Crippen LogP contribution is 2.41. The summed E-state index contributed by atoms with van der Waals surface area (Å²) in [6.45, 7) is 15.1. The number of carbonyl (C=O) groups is 6. The minimum atomic E-state index is -1.38. The fourth-order valence-corrected chi connectivity index (χ4v) is 11.4. The number of benzene rings is 3. The first-order valence-corrected chi connectivity index (χ1v) is 29.1. The molecule has 0 saturated carbocycles. The largest absolute Gasteiger partial charge is 0.497 e. The molecule has 1 saturated heterocycles. The number of nitrogens with zero attached hydrogens (tertiary/aromatic N) is 6. The average Bonchev–Trinajstić information content (AvgIpc) is 4.22. The average molecular weight is 1190 g/mol. The zero-order chi connectivity index (χ0) is 59.8. The molecule has 2 unspecified atom stereocenters. The Morgan fingerprint density at radius 2 is 1.55 bits per heavy atom. The Balaban J connectivity index is 1.07. The van der Waals surface area contributed by atoms with E-state index in [1.54, 1.807) is 77.9 Å². The number of halogens is 1. The summed E-state index contributed by atoms with van der Waals surface area (Å²) >= 11 is 8.93. The molecule has 2 aliphatic rings. The summed E-state index contributed by atoms with van der Waals surface area (Å²) in [5.41, 5.74) is 2.25. The standard InChI is InChI=1S/C60H67ClN8O12S2/c1-36(2)48(55(73)78-49(38-19-13-11-14-20-38)39-21-15-12-16-22-39)81-65-45(44-50(61)83-56(63-44)64-57(74)79-59(3,4)5)51(70)62-46-52(71)69-47(54(72)77-34-37-24-26-41(76-10)27-25-37)40(35-82-53(46)69)33-68-30-17-23-42-43(68)28-32-67(42)31-18-29-66(9)58(75)80-60(6,7)8/h11-17,19-28,30,32,36,46,48-49,53H,18,29,31,33-35H2,1-10H3,(H-,62,63,64,70,74)/p+1/b65-45-/t46?,48-,53?/m1/s1. The van der Waals surface area contributed by atoms with Crippen LogP contribution in [0, 0.1) is 5.92 Å². The van der Waals surface area contributed by atoms with Crippen LogP contribution >= 0.6 is 34.7 Å². The van der Waals surface area contributed by atoms with Gasteiger partial charge in [0.2, 0.25) is 11.6 Å². The molecule has 2 N–H and O–H groups in total. The van der Waals surface area contributed by atoms with Crippen molar-refractivity contribution >= 4 is 92.5 Å². The second kappa shape index (κ2) is 26.5. The van der Waals surface area contributed by atoms with Crippen molar-refractivity contribution in [3.8, 4) is 5.75 Å². The summed E-state index contributed by atoms with van der Waals surface area (Å²) in [6.07, 6.45) is 1.06. The third-order valence-corrected chi connectivity index (χ3v) is 15.5. The molecule has 0 aliphatic carbocycles. The SMILES string of the molecule is COc1ccc(COC(=O)C2=C(C[n+]3cccc4c3ccn4CCCN(C)C(=O)OC(C)(C)C)CSC3C(NC(=O)/C(=N\O[C@@H](C(=O)OC(c4ccccc4)c4ccccc4)C(C)C)c4nc(NC(=O)OC(C)(C)C)sc4Cl)C(=O)N23)cc1. The zero-order valence-corrected chi connectivity index (χ0v) is 50.3. The molecule has 6 aromatic rings. The van der Waals surface area contributed by atoms with Gasteiger partial charge in [-0.1, -0.05) is 115 Å². The smallest absolute Gasteiger partial charge is 0.413 e. The van der Waals surface area contributed by atoms with Crippen LogP contribution in [0.2, 0.25) is 4.34 Å². The van der Waals surface area contributed by atoms with Crippen LogP contribution in [-0.2, 0) is 62.7 Å². The molecular weight excluding hydrogens is 1120 g/mol. The van der Waals surface area contributed by atoms with Crippen LogP contribution in [0.5, 0.6) is 5.75 Å². The number of carbonyl (C=O) groups excluding carboxylic acids is 6. The lowest BCUT2D eigenvalue weighted by atomic mass is 10.0. The van der Waals surface area contributed by atoms with Crippen molar-refractivity contribution in [3.63, 3.8) is 0 Å². The summed E-state index contributed by atoms with van der Waals surface area (Å²) in [6, 6.07) is 30.0. The maximum atomic E-state index is 14.8. The van der Waals surface area contributed by atoms with Gasteiger partial charge in [0.25, 0.3) is 11.8 Å². The number of β-lactam (4-membered cyclic amide) rings is 1. The first kappa shape index (κ1) is 61.1. The molecular formula is C60H68ClN8O12S2+. The van der Waals surface area contributed by atoms with E-state index in [1.807, 2.05) is 117 Å². The second-order valence-corrected chi connectivity index (χ2v) is 24.7. The molecule has 3 atom stereocenters. The van der Waals surface area contributed by atoms with Crippen molar-refractivity contribution < 1.29 is 61.9 Å². The molecule has 4 amide bonds. The number of pyridine rings is 1. The quantitative estimate of drug-likeness (QED) is 0.0171. The van der Waals surface area contributed by atoms with Crippen LogP contribution in [-0.4, -0.2) is 116 Å². The number of methoxy groups -OCH3 is 1. The summed E-state index contributed by atoms with van der Waals surface area (Å²) in [4.78, 5) is 97.0. The van der Waals surface area contributed by atoms with E-state index in [0.29, 0.717) is 47.5 Å². The fraction of sp³-hybridized carbons (Fsp3) is 0.383. The summed E-state index contributed by atoms with van der Waals surface area (Å²) < 4.78 is 32.3. The van der Waals surface area contributed by atoms with Crippen molar-refractivity contribution in [2.24, 2.45) is 11.1 Å². The number of nitrogens with one attached hydrogen (secondary N) is 2. The van der Waals surface area contributed by atoms with Crippen LogP contribution in [0.15, 0.2) is 132 Å². The predicted octanol–water partition coefficient (Wildman–Crippen LogP) is 9.83. The molecule has 438 valence electrons. The minimum Gasteiger partial charge on any atom is -0.497 e. The van der Waals surface area contributed by atoms with Crippen molar-refractivity contribution in [2.75, 3.05) is 31.8 Å². The van der Waals surface area contributed by atoms with Gasteiger partial charge in [-0.3, -0.25) is 19.8 Å². The Morgan fingerprint density at radius 3 is 2.18 bits per heavy atom. The number of hydrogen-bond acceptors (Lipinski definition) is 16. The lowest BCUT2D eigenvalue weighted by molar-refractivity contribution is -0.663. The monoisotopic (exact) mass is 1190 g/mol. The number of rotatable bonds is 21. The van der Waals surface area contributed by atoms with E-state index < -0.39 is 82.4 Å². The Bertz CT molecular complexity index is 3350. The van der Waals surface area contributed by atoms with E-state index in [4.69, 9.17) is 40.1 Å². The number of thiazole rings is 1. The lowest BCUT2D eigenvalue weighted by Crippen LogP contribution is -2.71. The van der Waals surface area contributed by atoms with Gasteiger partial charge in [-0.15, -0.1) is 11.8 Å². The molecule has 0 radical (unpaired) electrons. The van der Waals surface area contributed by atoms with E-state index in [2.05, 4.69) is 25.3 Å². The second-order valence-electron chi connectivity index (χ2n) is 22.0. The minimum absolute atomic E-state index is 0.0344. The third kappa shape index (κ3) is 15.4. The number of amides is 4. The molecule has 83 heavy (non-hydrogen) atoms. The van der Waals surface area contributed by atoms with E-state index in [1.165, 1.54) is 16.7 Å². The van der Waals surface area contributed by atoms with E-state index >= 15 is 0 Å². The number of fused-ring (bicyclic) bond motifs is 2. The maximum Gasteiger partial charge on any atom is 0.413 e. The van der Waals surface area contributed by atoms with E-state index in [0.717, 1.165) is 22.4 Å². The van der Waals surface area contributed by atoms with Crippen LogP contribution < -0.4 is 19.9 Å². The Morgan fingerprint density at radius 1 is 0.892 bits per heavy atom. The molecule has 3 aromatic carbocycles. The number of ether oxygens (including phenoxy) is 5. The highest BCUT2D eigenvalue weighted by Gasteiger charge is 2.55. The number of aryl methyl sites for hydroxylation is 1. The predicted molar refractivity (Wildman–Crippen MR) is 315 cm³/mol. The lowest BCUT2D eigenvalue weighted by Gasteiger charge is -2.49. The number of anilines is 1. The van der Waals surface area contributed by atoms with Crippen molar-refractivity contribution in [3.05, 3.63) is 154 Å². The number of oxime groups is 1. The van der Waals surface area contributed by atoms with Crippen molar-refractivity contribution in [1.29, 1.82) is 0 Å². The van der Waals surface area contributed by atoms with E-state index in [-0.39, 0.29) is 39.8 Å². The number of aromatic nitrogens is 3. The summed E-state index contributed by atoms with van der Waals surface area (Å²) in [7, 11) is 3.26. The maximum absolute atomic E-state index is 14.8. The van der Waals surface area contributed by atoms with Gasteiger partial charge in [0, 0.05) is 55.7 Å². The van der Waals surface area contributed by atoms with Gasteiger partial charge >= 0.3 is 24.1 Å². The number of thioether (sulfide) groups is 1. The summed E-state index contributed by atoms with van der Waals surface area (Å²) in [5.74, 6) is -2.81. The molecule has 5 heterocycles. The van der Waals surface area contributed by atoms with E-state index in [9.17, 15) is 28.8 Å². The van der Waals surface area contributed by atoms with Crippen molar-refractivity contribution in [1.82, 2.24) is 24.7 Å². The number of esters is 2. The Hall–Kier alpha value is -7.95. The molecule has 0 bridgehead atoms. The van der Waals surface area contributed by atoms with Gasteiger partial charge in [-0.2, -0.15) is 4.57 Å². The van der Waals surface area contributed by atoms with Crippen LogP contribution in [0.1, 0.15) is 90.3 Å². The van der Waals surface area contributed by atoms with Crippen LogP contribution in [0.4, 0.5) is 14.7 Å². The molecule has 2 aliphatic heterocycles. The topological polar surface area (TPSA) is 222 Å². The fourth-order valence-electron chi connectivity index (χ4n) is 9.00. The van der Waals surface area contributed by atoms with Gasteiger partial charge in [-0.25, -0.2) is 24.2 Å². The van der Waals surface area contributed by atoms with Gasteiger partial charge in [-0.05, 0) is 82.9 Å². The van der Waals surface area contributed by atoms with Gasteiger partial charge < -0.3 is 43.3 Å². The third-order valence-electron chi connectivity index (χ3n) is 13.0. The van der Waals surface area contributed by atoms with Gasteiger partial charge in [0.1, 0.15) is 56.2 Å². The molecule has 0 spiro atoms. The Kier molecular flexibility index (Phi) is 19.5. The van der Waals surface area contributed by atoms with Crippen LogP contribution in [0.3, 0.4) is 0 Å². The van der Waals surface area contributed by atoms with Crippen LogP contribution in [0.25, 0.3) is 11.0 Å². The molecule has 8 rings (SSSR count). The first-order chi connectivity index (χ1) is 39.5. The van der Waals surface area contributed by atoms with Gasteiger partial charge in [0.15, 0.2) is 29.7 Å². The number of hydrogen-bond donors (Lipinski definition) is 2. The molecule has 1 fully saturated rings. The first-order valence-electron chi connectivity index (χ1n) is 26.9. The highest BCUT2D eigenvalue weighted by molar-refractivity contribution is 8.00. The molecule has 23 heteroatoms. The molecule has 3 aromatic heterocycles. The summed E-state index contributed by atoms with van der Waals surface area (Å²) in [5, 5.41) is 8.71. The molecule has 20 nitrogen and oxygen atoms in total. The van der Waals surface area contributed by atoms with Gasteiger partial charge in [0.05, 0.1) is 7.11 Å².